The normalized spacial score (nSPS) is 12.9. The molecule has 124 valence electrons. The number of aliphatic hydroxyl groups excluding tert-OH is 1. The van der Waals surface area contributed by atoms with Gasteiger partial charge in [-0.3, -0.25) is 4.79 Å². The van der Waals surface area contributed by atoms with E-state index in [9.17, 15) is 4.79 Å². The number of carboxylic acids is 1. The number of carbonyl (C=O) groups is 1. The molecule has 0 radical (unpaired) electrons. The zero-order valence-electron chi connectivity index (χ0n) is 13.7. The molecule has 0 spiro atoms. The van der Waals surface area contributed by atoms with Gasteiger partial charge in [-0.25, -0.2) is 0 Å². The molecule has 0 aromatic carbocycles. The maximum Gasteiger partial charge on any atom is 0.306 e. The summed E-state index contributed by atoms with van der Waals surface area (Å²) in [5, 5.41) is 17.4. The molecular formula is C18H34O3. The molecule has 0 aromatic rings. The van der Waals surface area contributed by atoms with E-state index in [1.165, 1.54) is 57.8 Å². The Morgan fingerprint density at radius 2 is 1.33 bits per heavy atom. The summed E-state index contributed by atoms with van der Waals surface area (Å²) >= 11 is 0. The number of unbranched alkanes of at least 4 members (excludes halogenated alkanes) is 10. The van der Waals surface area contributed by atoms with Crippen molar-refractivity contribution in [1.82, 2.24) is 0 Å². The predicted octanol–water partition coefficient (Wildman–Crippen LogP) is 4.94. The summed E-state index contributed by atoms with van der Waals surface area (Å²) < 4.78 is 0. The molecular weight excluding hydrogens is 264 g/mol. The number of aliphatic hydroxyl groups is 1. The molecule has 0 rings (SSSR count). The highest BCUT2D eigenvalue weighted by Crippen LogP contribution is 2.11. The molecule has 2 N–H and O–H groups in total. The smallest absolute Gasteiger partial charge is 0.306 e. The van der Waals surface area contributed by atoms with Crippen LogP contribution in [-0.4, -0.2) is 22.8 Å². The Morgan fingerprint density at radius 1 is 0.857 bits per heavy atom. The molecule has 0 aliphatic heterocycles. The van der Waals surface area contributed by atoms with Crippen LogP contribution in [0, 0.1) is 5.92 Å². The van der Waals surface area contributed by atoms with E-state index < -0.39 is 5.97 Å². The molecule has 1 atom stereocenters. The molecule has 0 amide bonds. The van der Waals surface area contributed by atoms with Crippen molar-refractivity contribution in [3.63, 3.8) is 0 Å². The molecule has 3 nitrogen and oxygen atoms in total. The lowest BCUT2D eigenvalue weighted by atomic mass is 10.0. The van der Waals surface area contributed by atoms with Crippen LogP contribution < -0.4 is 0 Å². The van der Waals surface area contributed by atoms with Crippen LogP contribution in [0.4, 0.5) is 0 Å². The van der Waals surface area contributed by atoms with Crippen molar-refractivity contribution in [3.8, 4) is 0 Å². The molecule has 0 bridgehead atoms. The van der Waals surface area contributed by atoms with Gasteiger partial charge in [0.15, 0.2) is 0 Å². The monoisotopic (exact) mass is 298 g/mol. The van der Waals surface area contributed by atoms with E-state index in [4.69, 9.17) is 10.2 Å². The Hall–Kier alpha value is -0.830. The van der Waals surface area contributed by atoms with Gasteiger partial charge in [0.05, 0.1) is 5.92 Å². The zero-order valence-corrected chi connectivity index (χ0v) is 13.7. The maximum atomic E-state index is 10.6. The molecule has 0 aliphatic carbocycles. The Kier molecular flexibility index (Phi) is 14.9. The summed E-state index contributed by atoms with van der Waals surface area (Å²) in [6.45, 7) is 2.08. The minimum absolute atomic E-state index is 0.265. The Bertz CT molecular complexity index is 261. The first-order valence-electron chi connectivity index (χ1n) is 8.67. The van der Waals surface area contributed by atoms with E-state index in [1.54, 1.807) is 6.92 Å². The van der Waals surface area contributed by atoms with Crippen molar-refractivity contribution in [1.29, 1.82) is 0 Å². The number of aliphatic carboxylic acids is 1. The van der Waals surface area contributed by atoms with Crippen LogP contribution in [-0.2, 0) is 4.79 Å². The molecule has 0 saturated carbocycles. The van der Waals surface area contributed by atoms with Gasteiger partial charge >= 0.3 is 5.97 Å². The van der Waals surface area contributed by atoms with Crippen LogP contribution in [0.2, 0.25) is 0 Å². The van der Waals surface area contributed by atoms with Gasteiger partial charge in [-0.15, -0.1) is 0 Å². The third-order valence-electron chi connectivity index (χ3n) is 3.86. The highest BCUT2D eigenvalue weighted by Gasteiger charge is 2.07. The van der Waals surface area contributed by atoms with Gasteiger partial charge in [0.1, 0.15) is 0 Å². The minimum Gasteiger partial charge on any atom is -0.481 e. The number of hydrogen-bond donors (Lipinski definition) is 2. The van der Waals surface area contributed by atoms with Gasteiger partial charge in [0.25, 0.3) is 0 Å². The van der Waals surface area contributed by atoms with E-state index in [1.807, 2.05) is 6.08 Å². The van der Waals surface area contributed by atoms with Gasteiger partial charge < -0.3 is 10.2 Å². The van der Waals surface area contributed by atoms with Gasteiger partial charge in [-0.1, -0.05) is 70.4 Å². The Balaban J connectivity index is 3.15. The summed E-state index contributed by atoms with van der Waals surface area (Å²) in [6, 6.07) is 0. The molecule has 0 fully saturated rings. The topological polar surface area (TPSA) is 57.5 Å². The lowest BCUT2D eigenvalue weighted by molar-refractivity contribution is -0.140. The predicted molar refractivity (Wildman–Crippen MR) is 88.4 cm³/mol. The summed E-state index contributed by atoms with van der Waals surface area (Å²) in [5.41, 5.74) is 0. The molecule has 1 unspecified atom stereocenters. The summed E-state index contributed by atoms with van der Waals surface area (Å²) in [4.78, 5) is 10.6. The van der Waals surface area contributed by atoms with Crippen molar-refractivity contribution in [3.05, 3.63) is 12.2 Å². The van der Waals surface area contributed by atoms with Crippen molar-refractivity contribution in [2.45, 2.75) is 84.0 Å². The third kappa shape index (κ3) is 15.4. The average molecular weight is 298 g/mol. The largest absolute Gasteiger partial charge is 0.481 e. The van der Waals surface area contributed by atoms with Crippen molar-refractivity contribution < 1.29 is 15.0 Å². The SMILES string of the molecule is CC(CC=CCCCCCCCCCCCCO)C(=O)O. The highest BCUT2D eigenvalue weighted by molar-refractivity contribution is 5.69. The molecule has 0 saturated heterocycles. The second-order valence-corrected chi connectivity index (χ2v) is 5.99. The van der Waals surface area contributed by atoms with E-state index >= 15 is 0 Å². The first kappa shape index (κ1) is 20.2. The number of rotatable bonds is 15. The van der Waals surface area contributed by atoms with Gasteiger partial charge in [-0.05, 0) is 25.7 Å². The first-order chi connectivity index (χ1) is 10.2. The van der Waals surface area contributed by atoms with Crippen LogP contribution in [0.3, 0.4) is 0 Å². The first-order valence-corrected chi connectivity index (χ1v) is 8.67. The van der Waals surface area contributed by atoms with E-state index in [-0.39, 0.29) is 5.92 Å². The minimum atomic E-state index is -0.712. The van der Waals surface area contributed by atoms with Gasteiger partial charge in [-0.2, -0.15) is 0 Å². The molecule has 21 heavy (non-hydrogen) atoms. The molecule has 0 heterocycles. The average Bonchev–Trinajstić information content (AvgIpc) is 2.47. The van der Waals surface area contributed by atoms with Gasteiger partial charge in [0, 0.05) is 6.61 Å². The number of hydrogen-bond acceptors (Lipinski definition) is 2. The summed E-state index contributed by atoms with van der Waals surface area (Å²) in [6.07, 6.45) is 18.4. The van der Waals surface area contributed by atoms with E-state index in [0.29, 0.717) is 13.0 Å². The molecule has 3 heteroatoms. The molecule has 0 aliphatic rings. The quantitative estimate of drug-likeness (QED) is 0.333. The van der Waals surface area contributed by atoms with Gasteiger partial charge in [0.2, 0.25) is 0 Å². The zero-order chi connectivity index (χ0) is 15.8. The second kappa shape index (κ2) is 15.6. The highest BCUT2D eigenvalue weighted by atomic mass is 16.4. The third-order valence-corrected chi connectivity index (χ3v) is 3.86. The van der Waals surface area contributed by atoms with Crippen molar-refractivity contribution in [2.24, 2.45) is 5.92 Å². The van der Waals surface area contributed by atoms with Crippen LogP contribution >= 0.6 is 0 Å². The number of allylic oxidation sites excluding steroid dienone is 2. The fraction of sp³-hybridized carbons (Fsp3) is 0.833. The van der Waals surface area contributed by atoms with Crippen LogP contribution in [0.15, 0.2) is 12.2 Å². The van der Waals surface area contributed by atoms with Crippen molar-refractivity contribution >= 4 is 5.97 Å². The lowest BCUT2D eigenvalue weighted by Crippen LogP contribution is -2.07. The van der Waals surface area contributed by atoms with Crippen LogP contribution in [0.5, 0.6) is 0 Å². The Labute approximate surface area is 130 Å². The van der Waals surface area contributed by atoms with Crippen molar-refractivity contribution in [2.75, 3.05) is 6.61 Å². The van der Waals surface area contributed by atoms with Crippen LogP contribution in [0.25, 0.3) is 0 Å². The lowest BCUT2D eigenvalue weighted by Gasteiger charge is -2.02. The maximum absolute atomic E-state index is 10.6. The molecule has 0 aromatic heterocycles. The Morgan fingerprint density at radius 3 is 1.81 bits per heavy atom. The fourth-order valence-electron chi connectivity index (χ4n) is 2.31. The summed E-state index contributed by atoms with van der Waals surface area (Å²) in [7, 11) is 0. The van der Waals surface area contributed by atoms with E-state index in [0.717, 1.165) is 12.8 Å². The van der Waals surface area contributed by atoms with Crippen LogP contribution in [0.1, 0.15) is 84.0 Å². The standard InChI is InChI=1S/C18H34O3/c1-17(18(20)21)15-13-11-9-7-5-3-2-4-6-8-10-12-14-16-19/h11,13,17,19H,2-10,12,14-16H2,1H3,(H,20,21). The fourth-order valence-corrected chi connectivity index (χ4v) is 2.31. The number of carboxylic acid groups (broad SMARTS) is 1. The van der Waals surface area contributed by atoms with E-state index in [2.05, 4.69) is 6.08 Å². The summed E-state index contributed by atoms with van der Waals surface area (Å²) in [5.74, 6) is -0.977. The second-order valence-electron chi connectivity index (χ2n) is 5.99.